The molecule has 0 aliphatic heterocycles. The molecule has 2 N–H and O–H groups in total. The van der Waals surface area contributed by atoms with Gasteiger partial charge in [0.2, 0.25) is 5.91 Å². The fourth-order valence-electron chi connectivity index (χ4n) is 2.16. The number of hydrogen-bond donors (Lipinski definition) is 2. The van der Waals surface area contributed by atoms with Crippen LogP contribution >= 0.6 is 0 Å². The number of nitrogens with one attached hydrogen (secondary N) is 2. The zero-order chi connectivity index (χ0) is 18.2. The number of furan rings is 1. The maximum atomic E-state index is 12.0. The summed E-state index contributed by atoms with van der Waals surface area (Å²) in [5.41, 5.74) is 1.07. The van der Waals surface area contributed by atoms with Gasteiger partial charge in [-0.1, -0.05) is 6.07 Å². The van der Waals surface area contributed by atoms with Gasteiger partial charge in [0.05, 0.1) is 6.26 Å². The predicted octanol–water partition coefficient (Wildman–Crippen LogP) is 2.13. The molecule has 0 fully saturated rings. The summed E-state index contributed by atoms with van der Waals surface area (Å²) in [4.78, 5) is 37.0. The Hall–Kier alpha value is -3.09. The lowest BCUT2D eigenvalue weighted by atomic mass is 10.1. The highest BCUT2D eigenvalue weighted by Crippen LogP contribution is 2.12. The zero-order valence-electron chi connectivity index (χ0n) is 14.2. The van der Waals surface area contributed by atoms with Crippen LogP contribution in [0.25, 0.3) is 0 Å². The highest BCUT2D eigenvalue weighted by atomic mass is 16.3. The second-order valence-electron chi connectivity index (χ2n) is 5.67. The Morgan fingerprint density at radius 3 is 2.60 bits per heavy atom. The van der Waals surface area contributed by atoms with E-state index in [1.54, 1.807) is 50.5 Å². The van der Waals surface area contributed by atoms with Crippen LogP contribution in [-0.4, -0.2) is 43.3 Å². The maximum absolute atomic E-state index is 12.0. The van der Waals surface area contributed by atoms with E-state index < -0.39 is 0 Å². The van der Waals surface area contributed by atoms with E-state index in [2.05, 4.69) is 10.6 Å². The van der Waals surface area contributed by atoms with Crippen molar-refractivity contribution in [3.63, 3.8) is 0 Å². The van der Waals surface area contributed by atoms with Gasteiger partial charge >= 0.3 is 0 Å². The second-order valence-corrected chi connectivity index (χ2v) is 5.67. The number of benzene rings is 1. The van der Waals surface area contributed by atoms with Gasteiger partial charge in [0.25, 0.3) is 11.8 Å². The van der Waals surface area contributed by atoms with Crippen LogP contribution in [0.3, 0.4) is 0 Å². The predicted molar refractivity (Wildman–Crippen MR) is 93.4 cm³/mol. The maximum Gasteiger partial charge on any atom is 0.286 e. The van der Waals surface area contributed by atoms with Gasteiger partial charge in [-0.15, -0.1) is 0 Å². The monoisotopic (exact) mass is 343 g/mol. The molecule has 0 saturated carbocycles. The minimum absolute atomic E-state index is 0.128. The fourth-order valence-corrected chi connectivity index (χ4v) is 2.16. The molecule has 0 radical (unpaired) electrons. The third-order valence-electron chi connectivity index (χ3n) is 3.41. The highest BCUT2D eigenvalue weighted by Gasteiger charge is 2.10. The summed E-state index contributed by atoms with van der Waals surface area (Å²) in [6.45, 7) is 0.367. The summed E-state index contributed by atoms with van der Waals surface area (Å²) in [5, 5.41) is 5.43. The summed E-state index contributed by atoms with van der Waals surface area (Å²) in [6, 6.07) is 9.99. The van der Waals surface area contributed by atoms with E-state index in [-0.39, 0.29) is 29.9 Å². The molecule has 0 atom stereocenters. The molecule has 0 unspecified atom stereocenters. The van der Waals surface area contributed by atoms with Crippen molar-refractivity contribution in [1.29, 1.82) is 0 Å². The van der Waals surface area contributed by atoms with Crippen LogP contribution < -0.4 is 10.6 Å². The second kappa shape index (κ2) is 8.68. The van der Waals surface area contributed by atoms with Crippen molar-refractivity contribution in [1.82, 2.24) is 10.2 Å². The van der Waals surface area contributed by atoms with Crippen molar-refractivity contribution in [2.24, 2.45) is 0 Å². The smallest absolute Gasteiger partial charge is 0.286 e. The molecular formula is C18H21N3O4. The normalized spacial score (nSPS) is 10.2. The quantitative estimate of drug-likeness (QED) is 0.754. The first-order chi connectivity index (χ1) is 12.0. The molecule has 0 saturated heterocycles. The van der Waals surface area contributed by atoms with Crippen molar-refractivity contribution in [2.75, 3.05) is 26.0 Å². The number of carbonyl (C=O) groups is 3. The van der Waals surface area contributed by atoms with Gasteiger partial charge in [0, 0.05) is 38.3 Å². The summed E-state index contributed by atoms with van der Waals surface area (Å²) in [6.07, 6.45) is 2.18. The van der Waals surface area contributed by atoms with Crippen LogP contribution in [0.1, 0.15) is 33.8 Å². The van der Waals surface area contributed by atoms with Crippen LogP contribution in [-0.2, 0) is 4.79 Å². The van der Waals surface area contributed by atoms with Crippen LogP contribution in [0.4, 0.5) is 5.69 Å². The molecule has 0 aliphatic carbocycles. The minimum Gasteiger partial charge on any atom is -0.459 e. The Morgan fingerprint density at radius 2 is 1.92 bits per heavy atom. The molecule has 25 heavy (non-hydrogen) atoms. The van der Waals surface area contributed by atoms with Gasteiger partial charge in [0.15, 0.2) is 5.76 Å². The molecule has 1 heterocycles. The van der Waals surface area contributed by atoms with E-state index in [1.165, 1.54) is 11.2 Å². The van der Waals surface area contributed by atoms with Crippen LogP contribution in [0.2, 0.25) is 0 Å². The van der Waals surface area contributed by atoms with Crippen LogP contribution in [0.15, 0.2) is 47.1 Å². The molecule has 7 heteroatoms. The molecule has 2 rings (SSSR count). The highest BCUT2D eigenvalue weighted by molar-refractivity contribution is 5.97. The minimum atomic E-state index is -0.305. The summed E-state index contributed by atoms with van der Waals surface area (Å²) in [7, 11) is 3.34. The van der Waals surface area contributed by atoms with Crippen molar-refractivity contribution in [3.8, 4) is 0 Å². The standard InChI is InChI=1S/C18H21N3O4/c1-21(2)18(24)13-6-3-7-14(12-13)20-16(22)9-4-10-19-17(23)15-8-5-11-25-15/h3,5-8,11-12H,4,9-10H2,1-2H3,(H,19,23)(H,20,22). The van der Waals surface area contributed by atoms with Gasteiger partial charge in [0.1, 0.15) is 0 Å². The molecule has 1 aromatic carbocycles. The number of amides is 3. The first-order valence-corrected chi connectivity index (χ1v) is 7.90. The Kier molecular flexibility index (Phi) is 6.33. The van der Waals surface area contributed by atoms with Gasteiger partial charge in [-0.25, -0.2) is 0 Å². The van der Waals surface area contributed by atoms with E-state index >= 15 is 0 Å². The molecule has 0 spiro atoms. The number of carbonyl (C=O) groups excluding carboxylic acids is 3. The number of nitrogens with zero attached hydrogens (tertiary/aromatic N) is 1. The van der Waals surface area contributed by atoms with E-state index in [4.69, 9.17) is 4.42 Å². The van der Waals surface area contributed by atoms with E-state index in [9.17, 15) is 14.4 Å². The first-order valence-electron chi connectivity index (χ1n) is 7.90. The SMILES string of the molecule is CN(C)C(=O)c1cccc(NC(=O)CCCNC(=O)c2ccco2)c1. The number of anilines is 1. The summed E-state index contributed by atoms with van der Waals surface area (Å²) >= 11 is 0. The lowest BCUT2D eigenvalue weighted by Crippen LogP contribution is -2.25. The average Bonchev–Trinajstić information content (AvgIpc) is 3.12. The summed E-state index contributed by atoms with van der Waals surface area (Å²) < 4.78 is 4.98. The summed E-state index contributed by atoms with van der Waals surface area (Å²) in [5.74, 6) is -0.370. The molecule has 3 amide bonds. The first kappa shape index (κ1) is 18.3. The molecule has 7 nitrogen and oxygen atoms in total. The molecular weight excluding hydrogens is 322 g/mol. The van der Waals surface area contributed by atoms with E-state index in [1.807, 2.05) is 0 Å². The zero-order valence-corrected chi connectivity index (χ0v) is 14.2. The van der Waals surface area contributed by atoms with Crippen molar-refractivity contribution in [2.45, 2.75) is 12.8 Å². The van der Waals surface area contributed by atoms with Gasteiger partial charge in [-0.2, -0.15) is 0 Å². The van der Waals surface area contributed by atoms with E-state index in [0.29, 0.717) is 24.2 Å². The topological polar surface area (TPSA) is 91.7 Å². The Morgan fingerprint density at radius 1 is 1.12 bits per heavy atom. The van der Waals surface area contributed by atoms with Crippen molar-refractivity contribution in [3.05, 3.63) is 54.0 Å². The van der Waals surface area contributed by atoms with Gasteiger partial charge in [-0.05, 0) is 36.8 Å². The average molecular weight is 343 g/mol. The van der Waals surface area contributed by atoms with Gasteiger partial charge in [-0.3, -0.25) is 14.4 Å². The Bertz CT molecular complexity index is 739. The van der Waals surface area contributed by atoms with E-state index in [0.717, 1.165) is 0 Å². The van der Waals surface area contributed by atoms with Crippen molar-refractivity contribution < 1.29 is 18.8 Å². The Balaban J connectivity index is 1.76. The van der Waals surface area contributed by atoms with Crippen LogP contribution in [0, 0.1) is 0 Å². The molecule has 2 aromatic rings. The Labute approximate surface area is 146 Å². The van der Waals surface area contributed by atoms with Crippen molar-refractivity contribution >= 4 is 23.4 Å². The molecule has 0 bridgehead atoms. The number of rotatable bonds is 7. The van der Waals surface area contributed by atoms with Crippen LogP contribution in [0.5, 0.6) is 0 Å². The lowest BCUT2D eigenvalue weighted by Gasteiger charge is -2.11. The molecule has 132 valence electrons. The third kappa shape index (κ3) is 5.49. The molecule has 0 aliphatic rings. The van der Waals surface area contributed by atoms with Gasteiger partial charge < -0.3 is 20.0 Å². The largest absolute Gasteiger partial charge is 0.459 e. The number of hydrogen-bond acceptors (Lipinski definition) is 4. The third-order valence-corrected chi connectivity index (χ3v) is 3.41. The lowest BCUT2D eigenvalue weighted by molar-refractivity contribution is -0.116. The fraction of sp³-hybridized carbons (Fsp3) is 0.278. The molecule has 1 aromatic heterocycles.